The molecule has 98 valence electrons. The lowest BCUT2D eigenvalue weighted by atomic mass is 10.1. The van der Waals surface area contributed by atoms with Crippen molar-refractivity contribution in [1.29, 1.82) is 0 Å². The maximum Gasteiger partial charge on any atom is 0.302 e. The zero-order valence-corrected chi connectivity index (χ0v) is 10.5. The Balaban J connectivity index is 1.81. The second-order valence-electron chi connectivity index (χ2n) is 4.35. The van der Waals surface area contributed by atoms with E-state index < -0.39 is 0 Å². The molecule has 4 nitrogen and oxygen atoms in total. The van der Waals surface area contributed by atoms with Crippen LogP contribution >= 0.6 is 0 Å². The molecule has 1 aliphatic rings. The molecule has 0 radical (unpaired) electrons. The number of rotatable bonds is 4. The van der Waals surface area contributed by atoms with Gasteiger partial charge < -0.3 is 14.2 Å². The Morgan fingerprint density at radius 3 is 2.83 bits per heavy atom. The predicted octanol–water partition coefficient (Wildman–Crippen LogP) is 2.52. The molecule has 1 aromatic rings. The molecule has 2 rings (SSSR count). The van der Waals surface area contributed by atoms with Gasteiger partial charge in [-0.15, -0.1) is 0 Å². The van der Waals surface area contributed by atoms with Crippen LogP contribution in [-0.4, -0.2) is 25.0 Å². The van der Waals surface area contributed by atoms with Crippen LogP contribution in [0.1, 0.15) is 26.2 Å². The molecule has 0 saturated carbocycles. The topological polar surface area (TPSA) is 44.8 Å². The van der Waals surface area contributed by atoms with Crippen molar-refractivity contribution in [2.75, 3.05) is 6.61 Å². The lowest BCUT2D eigenvalue weighted by Crippen LogP contribution is -2.34. The van der Waals surface area contributed by atoms with Crippen molar-refractivity contribution in [3.63, 3.8) is 0 Å². The normalized spacial score (nSPS) is 23.4. The molecular formula is C14H18O4. The summed E-state index contributed by atoms with van der Waals surface area (Å²) in [5, 5.41) is 0. The first kappa shape index (κ1) is 12.9. The summed E-state index contributed by atoms with van der Waals surface area (Å²) in [5.74, 6) is 0.528. The highest BCUT2D eigenvalue weighted by molar-refractivity contribution is 5.65. The number of carbonyl (C=O) groups is 1. The molecule has 1 heterocycles. The first-order valence-corrected chi connectivity index (χ1v) is 6.24. The second-order valence-corrected chi connectivity index (χ2v) is 4.35. The van der Waals surface area contributed by atoms with Gasteiger partial charge in [0, 0.05) is 13.3 Å². The first-order chi connectivity index (χ1) is 8.74. The van der Waals surface area contributed by atoms with E-state index in [4.69, 9.17) is 14.2 Å². The van der Waals surface area contributed by atoms with Gasteiger partial charge in [0.05, 0.1) is 6.10 Å². The number of ether oxygens (including phenoxy) is 3. The zero-order valence-electron chi connectivity index (χ0n) is 10.5. The molecule has 1 aromatic carbocycles. The number of esters is 1. The largest absolute Gasteiger partial charge is 0.465 e. The molecule has 0 bridgehead atoms. The van der Waals surface area contributed by atoms with Gasteiger partial charge in [-0.2, -0.15) is 0 Å². The average Bonchev–Trinajstić information content (AvgIpc) is 2.38. The van der Waals surface area contributed by atoms with Crippen LogP contribution in [0.25, 0.3) is 0 Å². The third-order valence-electron chi connectivity index (χ3n) is 2.79. The summed E-state index contributed by atoms with van der Waals surface area (Å²) in [7, 11) is 0. The van der Waals surface area contributed by atoms with E-state index in [1.807, 2.05) is 30.3 Å². The number of carbonyl (C=O) groups excluding carboxylic acids is 1. The standard InChI is InChI=1S/C14H18O4/c1-11(15)16-10-13-8-5-9-14(18-13)17-12-6-3-2-4-7-12/h2-4,6-7,13-14H,5,8-10H2,1H3/t13-,14+/m1/s1. The van der Waals surface area contributed by atoms with Gasteiger partial charge in [-0.1, -0.05) is 18.2 Å². The minimum absolute atomic E-state index is 0.0589. The van der Waals surface area contributed by atoms with Crippen LogP contribution < -0.4 is 4.74 Å². The maximum atomic E-state index is 10.7. The summed E-state index contributed by atoms with van der Waals surface area (Å²) in [4.78, 5) is 10.7. The average molecular weight is 250 g/mol. The SMILES string of the molecule is CC(=O)OC[C@H]1CCC[C@@H](Oc2ccccc2)O1. The van der Waals surface area contributed by atoms with Crippen LogP contribution in [0, 0.1) is 0 Å². The lowest BCUT2D eigenvalue weighted by Gasteiger charge is -2.29. The number of para-hydroxylation sites is 1. The van der Waals surface area contributed by atoms with Crippen molar-refractivity contribution >= 4 is 5.97 Å². The molecule has 0 aliphatic carbocycles. The van der Waals surface area contributed by atoms with Gasteiger partial charge in [0.1, 0.15) is 12.4 Å². The van der Waals surface area contributed by atoms with Crippen molar-refractivity contribution in [1.82, 2.24) is 0 Å². The van der Waals surface area contributed by atoms with Crippen LogP contribution in [-0.2, 0) is 14.3 Å². The van der Waals surface area contributed by atoms with Gasteiger partial charge in [-0.3, -0.25) is 4.79 Å². The summed E-state index contributed by atoms with van der Waals surface area (Å²) < 4.78 is 16.4. The Bertz CT molecular complexity index is 377. The van der Waals surface area contributed by atoms with Gasteiger partial charge in [-0.25, -0.2) is 0 Å². The van der Waals surface area contributed by atoms with E-state index in [9.17, 15) is 4.79 Å². The third-order valence-corrected chi connectivity index (χ3v) is 2.79. The summed E-state index contributed by atoms with van der Waals surface area (Å²) in [6, 6.07) is 9.60. The van der Waals surface area contributed by atoms with Gasteiger partial charge in [0.2, 0.25) is 0 Å². The fourth-order valence-corrected chi connectivity index (χ4v) is 1.93. The molecule has 0 N–H and O–H groups in total. The van der Waals surface area contributed by atoms with Crippen LogP contribution in [0.2, 0.25) is 0 Å². The molecule has 2 atom stereocenters. The Labute approximate surface area is 107 Å². The van der Waals surface area contributed by atoms with E-state index >= 15 is 0 Å². The van der Waals surface area contributed by atoms with Crippen molar-refractivity contribution in [3.8, 4) is 5.75 Å². The highest BCUT2D eigenvalue weighted by Gasteiger charge is 2.24. The van der Waals surface area contributed by atoms with Gasteiger partial charge in [-0.05, 0) is 25.0 Å². The van der Waals surface area contributed by atoms with Crippen LogP contribution in [0.4, 0.5) is 0 Å². The molecular weight excluding hydrogens is 232 g/mol. The summed E-state index contributed by atoms with van der Waals surface area (Å²) in [5.41, 5.74) is 0. The van der Waals surface area contributed by atoms with Crippen molar-refractivity contribution < 1.29 is 19.0 Å². The minimum atomic E-state index is -0.273. The summed E-state index contributed by atoms with van der Waals surface area (Å²) in [6.07, 6.45) is 2.48. The van der Waals surface area contributed by atoms with E-state index in [-0.39, 0.29) is 18.4 Å². The predicted molar refractivity (Wildman–Crippen MR) is 66.2 cm³/mol. The highest BCUT2D eigenvalue weighted by Crippen LogP contribution is 2.22. The first-order valence-electron chi connectivity index (χ1n) is 6.24. The van der Waals surface area contributed by atoms with E-state index in [0.717, 1.165) is 25.0 Å². The van der Waals surface area contributed by atoms with Crippen molar-refractivity contribution in [3.05, 3.63) is 30.3 Å². The van der Waals surface area contributed by atoms with E-state index in [1.165, 1.54) is 6.92 Å². The fraction of sp³-hybridized carbons (Fsp3) is 0.500. The Morgan fingerprint density at radius 1 is 1.33 bits per heavy atom. The summed E-state index contributed by atoms with van der Waals surface area (Å²) in [6.45, 7) is 1.71. The Kier molecular flexibility index (Phi) is 4.59. The molecule has 1 aliphatic heterocycles. The second kappa shape index (κ2) is 6.40. The number of benzene rings is 1. The van der Waals surface area contributed by atoms with Crippen molar-refractivity contribution in [2.45, 2.75) is 38.6 Å². The van der Waals surface area contributed by atoms with Crippen LogP contribution in [0.15, 0.2) is 30.3 Å². The quantitative estimate of drug-likeness (QED) is 0.770. The fourth-order valence-electron chi connectivity index (χ4n) is 1.93. The lowest BCUT2D eigenvalue weighted by molar-refractivity contribution is -0.172. The van der Waals surface area contributed by atoms with E-state index in [1.54, 1.807) is 0 Å². The Morgan fingerprint density at radius 2 is 2.11 bits per heavy atom. The third kappa shape index (κ3) is 4.04. The smallest absolute Gasteiger partial charge is 0.302 e. The molecule has 0 spiro atoms. The molecule has 0 unspecified atom stereocenters. The Hall–Kier alpha value is -1.55. The van der Waals surface area contributed by atoms with Gasteiger partial charge in [0.25, 0.3) is 0 Å². The van der Waals surface area contributed by atoms with E-state index in [2.05, 4.69) is 0 Å². The number of hydrogen-bond donors (Lipinski definition) is 0. The molecule has 0 aromatic heterocycles. The highest BCUT2D eigenvalue weighted by atomic mass is 16.7. The van der Waals surface area contributed by atoms with Crippen LogP contribution in [0.3, 0.4) is 0 Å². The molecule has 0 amide bonds. The van der Waals surface area contributed by atoms with Gasteiger partial charge in [0.15, 0.2) is 6.29 Å². The molecule has 18 heavy (non-hydrogen) atoms. The molecule has 1 fully saturated rings. The number of hydrogen-bond acceptors (Lipinski definition) is 4. The van der Waals surface area contributed by atoms with Crippen molar-refractivity contribution in [2.24, 2.45) is 0 Å². The monoisotopic (exact) mass is 250 g/mol. The van der Waals surface area contributed by atoms with Gasteiger partial charge >= 0.3 is 5.97 Å². The molecule has 1 saturated heterocycles. The summed E-state index contributed by atoms with van der Waals surface area (Å²) >= 11 is 0. The minimum Gasteiger partial charge on any atom is -0.465 e. The van der Waals surface area contributed by atoms with E-state index in [0.29, 0.717) is 6.61 Å². The zero-order chi connectivity index (χ0) is 12.8. The maximum absolute atomic E-state index is 10.7. The molecule has 4 heteroatoms. The van der Waals surface area contributed by atoms with Crippen LogP contribution in [0.5, 0.6) is 5.75 Å².